The van der Waals surface area contributed by atoms with E-state index in [0.717, 1.165) is 11.1 Å². The molecule has 1 amide bonds. The molecule has 0 aliphatic heterocycles. The molecule has 0 aliphatic carbocycles. The number of allylic oxidation sites excluding steroid dienone is 3. The first kappa shape index (κ1) is 13.2. The topological polar surface area (TPSA) is 49.3 Å². The van der Waals surface area contributed by atoms with Gasteiger partial charge < -0.3 is 10.4 Å². The van der Waals surface area contributed by atoms with Crippen LogP contribution in [0.1, 0.15) is 18.1 Å². The molecule has 0 unspecified atom stereocenters. The summed E-state index contributed by atoms with van der Waals surface area (Å²) >= 11 is 0. The summed E-state index contributed by atoms with van der Waals surface area (Å²) < 4.78 is 0. The summed E-state index contributed by atoms with van der Waals surface area (Å²) in [5.41, 5.74) is 1.88. The number of aliphatic hydroxyl groups excluding tert-OH is 1. The number of amides is 1. The largest absolute Gasteiger partial charge is 0.392 e. The summed E-state index contributed by atoms with van der Waals surface area (Å²) in [7, 11) is 0. The Labute approximate surface area is 101 Å². The highest BCUT2D eigenvalue weighted by atomic mass is 16.3. The van der Waals surface area contributed by atoms with E-state index in [1.165, 1.54) is 6.08 Å². The van der Waals surface area contributed by atoms with Crippen molar-refractivity contribution in [3.63, 3.8) is 0 Å². The summed E-state index contributed by atoms with van der Waals surface area (Å²) in [6, 6.07) is 7.47. The second kappa shape index (κ2) is 7.41. The van der Waals surface area contributed by atoms with E-state index in [9.17, 15) is 4.79 Å². The molecule has 0 spiro atoms. The molecule has 0 aliphatic rings. The third kappa shape index (κ3) is 5.13. The lowest BCUT2D eigenvalue weighted by Gasteiger charge is -2.03. The Morgan fingerprint density at radius 2 is 1.88 bits per heavy atom. The van der Waals surface area contributed by atoms with Gasteiger partial charge in [0.15, 0.2) is 0 Å². The molecule has 1 rings (SSSR count). The van der Waals surface area contributed by atoms with Crippen molar-refractivity contribution >= 4 is 5.91 Å². The van der Waals surface area contributed by atoms with E-state index in [1.807, 2.05) is 37.3 Å². The second-order valence-electron chi connectivity index (χ2n) is 3.58. The Morgan fingerprint density at radius 1 is 1.24 bits per heavy atom. The van der Waals surface area contributed by atoms with Crippen LogP contribution in [0.4, 0.5) is 0 Å². The van der Waals surface area contributed by atoms with E-state index in [4.69, 9.17) is 5.11 Å². The molecule has 3 heteroatoms. The van der Waals surface area contributed by atoms with E-state index in [-0.39, 0.29) is 12.5 Å². The minimum absolute atomic E-state index is 0.0404. The van der Waals surface area contributed by atoms with Gasteiger partial charge in [-0.05, 0) is 18.1 Å². The Kier molecular flexibility index (Phi) is 5.75. The average molecular weight is 231 g/mol. The molecular weight excluding hydrogens is 214 g/mol. The Morgan fingerprint density at radius 3 is 2.47 bits per heavy atom. The van der Waals surface area contributed by atoms with Crippen molar-refractivity contribution in [1.29, 1.82) is 0 Å². The van der Waals surface area contributed by atoms with Crippen LogP contribution in [0.5, 0.6) is 0 Å². The number of nitrogens with one attached hydrogen (secondary N) is 1. The van der Waals surface area contributed by atoms with Crippen LogP contribution in [-0.2, 0) is 17.9 Å². The summed E-state index contributed by atoms with van der Waals surface area (Å²) in [5, 5.41) is 11.7. The van der Waals surface area contributed by atoms with Crippen LogP contribution in [0.25, 0.3) is 0 Å². The predicted octanol–water partition coefficient (Wildman–Crippen LogP) is 1.93. The van der Waals surface area contributed by atoms with Gasteiger partial charge in [-0.2, -0.15) is 0 Å². The predicted molar refractivity (Wildman–Crippen MR) is 68.2 cm³/mol. The zero-order chi connectivity index (χ0) is 12.5. The molecule has 0 saturated carbocycles. The molecule has 1 aromatic carbocycles. The standard InChI is InChI=1S/C14H17NO2/c1-2-3-4-5-14(17)15-10-12-6-8-13(11-16)9-7-12/h2-9,16H,10-11H2,1H3,(H,15,17). The third-order valence-corrected chi connectivity index (χ3v) is 2.22. The molecule has 0 fully saturated rings. The van der Waals surface area contributed by atoms with Crippen molar-refractivity contribution in [2.75, 3.05) is 0 Å². The molecule has 0 saturated heterocycles. The molecule has 0 radical (unpaired) electrons. The minimum atomic E-state index is -0.116. The highest BCUT2D eigenvalue weighted by Crippen LogP contribution is 2.03. The van der Waals surface area contributed by atoms with Gasteiger partial charge in [0.05, 0.1) is 6.61 Å². The Bertz CT molecular complexity index is 405. The second-order valence-corrected chi connectivity index (χ2v) is 3.58. The van der Waals surface area contributed by atoms with Gasteiger partial charge >= 0.3 is 0 Å². The monoisotopic (exact) mass is 231 g/mol. The smallest absolute Gasteiger partial charge is 0.244 e. The summed E-state index contributed by atoms with van der Waals surface area (Å²) in [5.74, 6) is -0.116. The van der Waals surface area contributed by atoms with Gasteiger partial charge in [0.2, 0.25) is 5.91 Å². The lowest BCUT2D eigenvalue weighted by Crippen LogP contribution is -2.20. The van der Waals surface area contributed by atoms with Crippen LogP contribution in [0.15, 0.2) is 48.6 Å². The van der Waals surface area contributed by atoms with Crippen LogP contribution in [0, 0.1) is 0 Å². The van der Waals surface area contributed by atoms with Gasteiger partial charge in [-0.15, -0.1) is 0 Å². The Hall–Kier alpha value is -1.87. The number of carbonyl (C=O) groups is 1. The normalized spacial score (nSPS) is 11.2. The quantitative estimate of drug-likeness (QED) is 0.601. The lowest BCUT2D eigenvalue weighted by atomic mass is 10.1. The number of hydrogen-bond donors (Lipinski definition) is 2. The van der Waals surface area contributed by atoms with E-state index < -0.39 is 0 Å². The molecule has 0 aromatic heterocycles. The number of carbonyl (C=O) groups excluding carboxylic acids is 1. The van der Waals surface area contributed by atoms with Crippen molar-refractivity contribution in [3.05, 3.63) is 59.7 Å². The van der Waals surface area contributed by atoms with Gasteiger partial charge in [-0.1, -0.05) is 42.5 Å². The van der Waals surface area contributed by atoms with Gasteiger partial charge in [0.25, 0.3) is 0 Å². The zero-order valence-corrected chi connectivity index (χ0v) is 9.89. The molecule has 17 heavy (non-hydrogen) atoms. The van der Waals surface area contributed by atoms with Gasteiger partial charge in [-0.3, -0.25) is 4.79 Å². The third-order valence-electron chi connectivity index (χ3n) is 2.22. The fraction of sp³-hybridized carbons (Fsp3) is 0.214. The first-order chi connectivity index (χ1) is 8.26. The Balaban J connectivity index is 2.41. The first-order valence-corrected chi connectivity index (χ1v) is 5.52. The minimum Gasteiger partial charge on any atom is -0.392 e. The van der Waals surface area contributed by atoms with Gasteiger partial charge in [-0.25, -0.2) is 0 Å². The highest BCUT2D eigenvalue weighted by Gasteiger charge is 1.96. The molecular formula is C14H17NO2. The maximum absolute atomic E-state index is 11.3. The number of aliphatic hydroxyl groups is 1. The van der Waals surface area contributed by atoms with Crippen LogP contribution in [0.2, 0.25) is 0 Å². The van der Waals surface area contributed by atoms with Crippen molar-refractivity contribution in [3.8, 4) is 0 Å². The highest BCUT2D eigenvalue weighted by molar-refractivity contribution is 5.87. The van der Waals surface area contributed by atoms with E-state index in [2.05, 4.69) is 5.32 Å². The molecule has 3 nitrogen and oxygen atoms in total. The molecule has 0 bridgehead atoms. The molecule has 90 valence electrons. The molecule has 0 heterocycles. The summed E-state index contributed by atoms with van der Waals surface area (Å²) in [6.07, 6.45) is 6.85. The van der Waals surface area contributed by atoms with Crippen molar-refractivity contribution < 1.29 is 9.90 Å². The maximum Gasteiger partial charge on any atom is 0.244 e. The molecule has 0 atom stereocenters. The van der Waals surface area contributed by atoms with E-state index >= 15 is 0 Å². The summed E-state index contributed by atoms with van der Waals surface area (Å²) in [6.45, 7) is 2.43. The SMILES string of the molecule is CC=CC=CC(=O)NCc1ccc(CO)cc1. The average Bonchev–Trinajstić information content (AvgIpc) is 2.37. The molecule has 1 aromatic rings. The van der Waals surface area contributed by atoms with Crippen molar-refractivity contribution in [1.82, 2.24) is 5.32 Å². The van der Waals surface area contributed by atoms with Crippen LogP contribution >= 0.6 is 0 Å². The van der Waals surface area contributed by atoms with Gasteiger partial charge in [0.1, 0.15) is 0 Å². The first-order valence-electron chi connectivity index (χ1n) is 5.52. The number of rotatable bonds is 5. The van der Waals surface area contributed by atoms with Crippen LogP contribution in [-0.4, -0.2) is 11.0 Å². The zero-order valence-electron chi connectivity index (χ0n) is 9.89. The van der Waals surface area contributed by atoms with Crippen LogP contribution in [0.3, 0.4) is 0 Å². The fourth-order valence-corrected chi connectivity index (χ4v) is 1.26. The van der Waals surface area contributed by atoms with Crippen molar-refractivity contribution in [2.24, 2.45) is 0 Å². The van der Waals surface area contributed by atoms with Gasteiger partial charge in [0, 0.05) is 12.6 Å². The fourth-order valence-electron chi connectivity index (χ4n) is 1.26. The summed E-state index contributed by atoms with van der Waals surface area (Å²) in [4.78, 5) is 11.3. The van der Waals surface area contributed by atoms with Crippen LogP contribution < -0.4 is 5.32 Å². The lowest BCUT2D eigenvalue weighted by molar-refractivity contribution is -0.116. The van der Waals surface area contributed by atoms with Crippen molar-refractivity contribution in [2.45, 2.75) is 20.1 Å². The maximum atomic E-state index is 11.3. The van der Waals surface area contributed by atoms with E-state index in [1.54, 1.807) is 12.2 Å². The number of benzene rings is 1. The number of hydrogen-bond acceptors (Lipinski definition) is 2. The van der Waals surface area contributed by atoms with E-state index in [0.29, 0.717) is 6.54 Å². The molecule has 2 N–H and O–H groups in total.